The average Bonchev–Trinajstić information content (AvgIpc) is 2.92. The zero-order chi connectivity index (χ0) is 21.0. The molecule has 2 aromatic carbocycles. The Morgan fingerprint density at radius 2 is 1.52 bits per heavy atom. The molecule has 2 saturated heterocycles. The van der Waals surface area contributed by atoms with Crippen molar-refractivity contribution in [3.8, 4) is 5.75 Å². The van der Waals surface area contributed by atoms with Gasteiger partial charge in [-0.3, -0.25) is 4.90 Å². The molecular weight excluding hydrogens is 372 g/mol. The van der Waals surface area contributed by atoms with Crippen LogP contribution >= 0.6 is 0 Å². The van der Waals surface area contributed by atoms with E-state index < -0.39 is 11.9 Å². The summed E-state index contributed by atoms with van der Waals surface area (Å²) in [7, 11) is 4.00. The number of aliphatic carboxylic acids is 2. The summed E-state index contributed by atoms with van der Waals surface area (Å²) in [6, 6.07) is 14.6. The Kier molecular flexibility index (Phi) is 6.39. The maximum absolute atomic E-state index is 9.55. The lowest BCUT2D eigenvalue weighted by atomic mass is 10.1. The largest absolute Gasteiger partial charge is 0.497 e. The summed E-state index contributed by atoms with van der Waals surface area (Å²) in [6.07, 6.45) is 3.82. The van der Waals surface area contributed by atoms with E-state index in [2.05, 4.69) is 47.2 Å². The van der Waals surface area contributed by atoms with E-state index in [1.807, 2.05) is 6.07 Å². The van der Waals surface area contributed by atoms with Gasteiger partial charge in [0.25, 0.3) is 0 Å². The van der Waals surface area contributed by atoms with Crippen LogP contribution in [0, 0.1) is 0 Å². The number of carboxylic acid groups (broad SMARTS) is 2. The molecule has 2 aliphatic rings. The van der Waals surface area contributed by atoms with Gasteiger partial charge in [-0.1, -0.05) is 12.1 Å². The predicted octanol–water partition coefficient (Wildman–Crippen LogP) is 2.84. The van der Waals surface area contributed by atoms with E-state index in [1.54, 1.807) is 7.11 Å². The minimum atomic E-state index is -1.26. The molecule has 2 bridgehead atoms. The molecule has 2 N–H and O–H groups in total. The minimum absolute atomic E-state index is 0.558. The van der Waals surface area contributed by atoms with Crippen LogP contribution in [0.2, 0.25) is 0 Å². The second-order valence-corrected chi connectivity index (χ2v) is 7.36. The Hall–Kier alpha value is -3.06. The zero-order valence-electron chi connectivity index (χ0n) is 16.6. The van der Waals surface area contributed by atoms with Gasteiger partial charge in [0.05, 0.1) is 7.11 Å². The van der Waals surface area contributed by atoms with Crippen LogP contribution in [0.25, 0.3) is 10.8 Å². The van der Waals surface area contributed by atoms with Crippen molar-refractivity contribution in [3.05, 3.63) is 48.6 Å². The van der Waals surface area contributed by atoms with E-state index in [-0.39, 0.29) is 0 Å². The van der Waals surface area contributed by atoms with Crippen molar-refractivity contribution in [1.82, 2.24) is 4.90 Å². The van der Waals surface area contributed by atoms with E-state index in [0.717, 1.165) is 30.9 Å². The summed E-state index contributed by atoms with van der Waals surface area (Å²) in [5.41, 5.74) is 1.36. The quantitative estimate of drug-likeness (QED) is 0.766. The van der Waals surface area contributed by atoms with Crippen molar-refractivity contribution in [3.63, 3.8) is 0 Å². The van der Waals surface area contributed by atoms with E-state index in [4.69, 9.17) is 14.9 Å². The average molecular weight is 398 g/mol. The summed E-state index contributed by atoms with van der Waals surface area (Å²) in [6.45, 7) is 2.32. The molecule has 2 aromatic rings. The Morgan fingerprint density at radius 3 is 2.07 bits per heavy atom. The predicted molar refractivity (Wildman–Crippen MR) is 112 cm³/mol. The second kappa shape index (κ2) is 8.96. The van der Waals surface area contributed by atoms with Gasteiger partial charge < -0.3 is 19.8 Å². The molecule has 7 nitrogen and oxygen atoms in total. The molecule has 2 heterocycles. The number of hydrogen-bond donors (Lipinski definition) is 2. The molecule has 0 saturated carbocycles. The lowest BCUT2D eigenvalue weighted by Gasteiger charge is -2.40. The lowest BCUT2D eigenvalue weighted by Crippen LogP contribution is -2.52. The van der Waals surface area contributed by atoms with E-state index in [1.165, 1.54) is 29.3 Å². The first kappa shape index (κ1) is 20.7. The number of benzene rings is 2. The van der Waals surface area contributed by atoms with Crippen LogP contribution in [0.1, 0.15) is 12.8 Å². The van der Waals surface area contributed by atoms with Crippen LogP contribution in [-0.2, 0) is 9.59 Å². The summed E-state index contributed by atoms with van der Waals surface area (Å²) < 4.78 is 5.30. The van der Waals surface area contributed by atoms with Gasteiger partial charge in [-0.25, -0.2) is 9.59 Å². The third kappa shape index (κ3) is 5.06. The van der Waals surface area contributed by atoms with Gasteiger partial charge in [0.2, 0.25) is 0 Å². The van der Waals surface area contributed by atoms with Gasteiger partial charge in [-0.05, 0) is 54.9 Å². The highest BCUT2D eigenvalue weighted by Crippen LogP contribution is 2.33. The number of anilines is 1. The number of piperazine rings is 1. The highest BCUT2D eigenvalue weighted by atomic mass is 16.5. The molecule has 0 amide bonds. The molecule has 2 fully saturated rings. The maximum atomic E-state index is 9.55. The first-order chi connectivity index (χ1) is 13.9. The number of methoxy groups -OCH3 is 1. The van der Waals surface area contributed by atoms with Crippen molar-refractivity contribution < 1.29 is 24.5 Å². The maximum Gasteiger partial charge on any atom is 0.328 e. The third-order valence-electron chi connectivity index (χ3n) is 5.61. The Balaban J connectivity index is 0.000000258. The number of hydrogen-bond acceptors (Lipinski definition) is 5. The van der Waals surface area contributed by atoms with Gasteiger partial charge in [-0.15, -0.1) is 0 Å². The number of carbonyl (C=O) groups is 2. The highest BCUT2D eigenvalue weighted by molar-refractivity contribution is 5.89. The number of carboxylic acids is 2. The Bertz CT molecular complexity index is 897. The standard InChI is InChI=1S/C18H22N2O.C4H4O4/c1-19-16-6-7-17(19)12-20(11-16)15-5-3-14-10-18(21-2)8-4-13(14)9-15;5-3(6)1-2-4(7)8/h3-5,8-10,16-17H,6-7,11-12H2,1-2H3;1-2H,(H,5,6)(H,7,8)/b;2-1+. The number of fused-ring (bicyclic) bond motifs is 3. The van der Waals surface area contributed by atoms with E-state index in [9.17, 15) is 9.59 Å². The van der Waals surface area contributed by atoms with Crippen molar-refractivity contribution in [2.75, 3.05) is 32.1 Å². The van der Waals surface area contributed by atoms with Gasteiger partial charge in [0.15, 0.2) is 0 Å². The second-order valence-electron chi connectivity index (χ2n) is 7.36. The van der Waals surface area contributed by atoms with Gasteiger partial charge in [0, 0.05) is 43.0 Å². The summed E-state index contributed by atoms with van der Waals surface area (Å²) in [5, 5.41) is 18.2. The van der Waals surface area contributed by atoms with Crippen LogP contribution in [0.3, 0.4) is 0 Å². The molecule has 7 heteroatoms. The summed E-state index contributed by atoms with van der Waals surface area (Å²) in [4.78, 5) is 24.2. The van der Waals surface area contributed by atoms with Crippen LogP contribution in [-0.4, -0.2) is 66.4 Å². The molecule has 2 aliphatic heterocycles. The van der Waals surface area contributed by atoms with Crippen molar-refractivity contribution in [2.24, 2.45) is 0 Å². The molecule has 0 radical (unpaired) electrons. The lowest BCUT2D eigenvalue weighted by molar-refractivity contribution is -0.134. The van der Waals surface area contributed by atoms with Crippen molar-refractivity contribution >= 4 is 28.4 Å². The van der Waals surface area contributed by atoms with E-state index >= 15 is 0 Å². The molecule has 29 heavy (non-hydrogen) atoms. The van der Waals surface area contributed by atoms with Crippen LogP contribution in [0.4, 0.5) is 5.69 Å². The highest BCUT2D eigenvalue weighted by Gasteiger charge is 2.37. The summed E-state index contributed by atoms with van der Waals surface area (Å²) in [5.74, 6) is -1.59. The Labute approximate surface area is 169 Å². The van der Waals surface area contributed by atoms with Crippen LogP contribution in [0.5, 0.6) is 5.75 Å². The van der Waals surface area contributed by atoms with E-state index in [0.29, 0.717) is 12.2 Å². The number of likely N-dealkylation sites (N-methyl/N-ethyl adjacent to an activating group) is 1. The van der Waals surface area contributed by atoms with Gasteiger partial charge in [0.1, 0.15) is 5.75 Å². The van der Waals surface area contributed by atoms with Crippen LogP contribution in [0.15, 0.2) is 48.6 Å². The molecule has 2 unspecified atom stereocenters. The first-order valence-electron chi connectivity index (χ1n) is 9.56. The van der Waals surface area contributed by atoms with Gasteiger partial charge in [-0.2, -0.15) is 0 Å². The normalized spacial score (nSPS) is 21.1. The fourth-order valence-corrected chi connectivity index (χ4v) is 4.00. The number of nitrogens with zero attached hydrogens (tertiary/aromatic N) is 2. The van der Waals surface area contributed by atoms with Gasteiger partial charge >= 0.3 is 11.9 Å². The minimum Gasteiger partial charge on any atom is -0.497 e. The molecule has 0 aliphatic carbocycles. The number of ether oxygens (including phenoxy) is 1. The Morgan fingerprint density at radius 1 is 0.966 bits per heavy atom. The van der Waals surface area contributed by atoms with Crippen molar-refractivity contribution in [1.29, 1.82) is 0 Å². The third-order valence-corrected chi connectivity index (χ3v) is 5.61. The molecule has 154 valence electrons. The molecule has 4 rings (SSSR count). The molecule has 2 atom stereocenters. The fraction of sp³-hybridized carbons (Fsp3) is 0.364. The smallest absolute Gasteiger partial charge is 0.328 e. The topological polar surface area (TPSA) is 90.3 Å². The molecule has 0 aromatic heterocycles. The molecular formula is C22H26N2O5. The van der Waals surface area contributed by atoms with Crippen LogP contribution < -0.4 is 9.64 Å². The number of rotatable bonds is 4. The first-order valence-corrected chi connectivity index (χ1v) is 9.56. The zero-order valence-corrected chi connectivity index (χ0v) is 16.6. The summed E-state index contributed by atoms with van der Waals surface area (Å²) >= 11 is 0. The monoisotopic (exact) mass is 398 g/mol. The van der Waals surface area contributed by atoms with Crippen molar-refractivity contribution in [2.45, 2.75) is 24.9 Å². The molecule has 0 spiro atoms. The fourth-order valence-electron chi connectivity index (χ4n) is 4.00. The SMILES string of the molecule is COc1ccc2cc(N3CC4CCC(C3)N4C)ccc2c1.O=C(O)/C=C/C(=O)O.